The van der Waals surface area contributed by atoms with E-state index in [-0.39, 0.29) is 0 Å². The first-order valence-corrected chi connectivity index (χ1v) is 6.62. The van der Waals surface area contributed by atoms with Gasteiger partial charge in [-0.3, -0.25) is 0 Å². The quantitative estimate of drug-likeness (QED) is 0.730. The van der Waals surface area contributed by atoms with Gasteiger partial charge in [0.05, 0.1) is 28.9 Å². The molecular formula is C14H11Cl2N3O. The van der Waals surface area contributed by atoms with E-state index in [0.29, 0.717) is 21.4 Å². The number of rotatable bonds is 2. The second-order valence-corrected chi connectivity index (χ2v) is 5.13. The number of nitrogen functional groups attached to an aromatic ring is 1. The zero-order valence-electron chi connectivity index (χ0n) is 10.6. The number of ether oxygens (including phenoxy) is 1. The van der Waals surface area contributed by atoms with Gasteiger partial charge < -0.3 is 10.5 Å². The molecule has 0 fully saturated rings. The highest BCUT2D eigenvalue weighted by Gasteiger charge is 2.13. The monoisotopic (exact) mass is 307 g/mol. The molecule has 102 valence electrons. The molecule has 2 aromatic carbocycles. The molecule has 0 aliphatic rings. The maximum Gasteiger partial charge on any atom is 0.119 e. The van der Waals surface area contributed by atoms with E-state index >= 15 is 0 Å². The third-order valence-electron chi connectivity index (χ3n) is 3.03. The lowest BCUT2D eigenvalue weighted by Gasteiger charge is -2.09. The molecule has 3 rings (SSSR count). The minimum absolute atomic E-state index is 0.454. The van der Waals surface area contributed by atoms with Crippen LogP contribution in [-0.4, -0.2) is 16.9 Å². The zero-order chi connectivity index (χ0) is 14.3. The summed E-state index contributed by atoms with van der Waals surface area (Å²) in [5.41, 5.74) is 7.73. The predicted octanol–water partition coefficient (Wildman–Crippen LogP) is 3.92. The SMILES string of the molecule is COc1ccc2c(cnn2-c2c(Cl)cc(N)cc2Cl)c1. The second-order valence-electron chi connectivity index (χ2n) is 4.31. The summed E-state index contributed by atoms with van der Waals surface area (Å²) in [6.07, 6.45) is 1.74. The van der Waals surface area contributed by atoms with Crippen molar-refractivity contribution in [2.45, 2.75) is 0 Å². The lowest BCUT2D eigenvalue weighted by molar-refractivity contribution is 0.415. The van der Waals surface area contributed by atoms with Gasteiger partial charge in [0.1, 0.15) is 11.4 Å². The lowest BCUT2D eigenvalue weighted by Crippen LogP contribution is -1.99. The van der Waals surface area contributed by atoms with Gasteiger partial charge in [-0.2, -0.15) is 5.10 Å². The number of nitrogens with two attached hydrogens (primary N) is 1. The van der Waals surface area contributed by atoms with E-state index < -0.39 is 0 Å². The first kappa shape index (κ1) is 13.1. The number of aromatic nitrogens is 2. The van der Waals surface area contributed by atoms with Crippen LogP contribution in [0.25, 0.3) is 16.6 Å². The van der Waals surface area contributed by atoms with Gasteiger partial charge >= 0.3 is 0 Å². The highest BCUT2D eigenvalue weighted by Crippen LogP contribution is 2.33. The Morgan fingerprint density at radius 1 is 1.15 bits per heavy atom. The van der Waals surface area contributed by atoms with Crippen LogP contribution in [0.2, 0.25) is 10.0 Å². The molecule has 1 heterocycles. The molecule has 0 amide bonds. The number of methoxy groups -OCH3 is 1. The number of hydrogen-bond donors (Lipinski definition) is 1. The number of fused-ring (bicyclic) bond motifs is 1. The summed E-state index contributed by atoms with van der Waals surface area (Å²) in [6, 6.07) is 8.97. The van der Waals surface area contributed by atoms with E-state index in [4.69, 9.17) is 33.7 Å². The Labute approximate surface area is 125 Å². The zero-order valence-corrected chi connectivity index (χ0v) is 12.1. The van der Waals surface area contributed by atoms with Crippen LogP contribution in [0.3, 0.4) is 0 Å². The fourth-order valence-electron chi connectivity index (χ4n) is 2.10. The van der Waals surface area contributed by atoms with Crippen LogP contribution in [0, 0.1) is 0 Å². The van der Waals surface area contributed by atoms with E-state index in [1.165, 1.54) is 0 Å². The minimum atomic E-state index is 0.454. The summed E-state index contributed by atoms with van der Waals surface area (Å²) in [4.78, 5) is 0. The largest absolute Gasteiger partial charge is 0.497 e. The Hall–Kier alpha value is -1.91. The van der Waals surface area contributed by atoms with Crippen molar-refractivity contribution in [1.29, 1.82) is 0 Å². The van der Waals surface area contributed by atoms with Gasteiger partial charge in [-0.25, -0.2) is 4.68 Å². The predicted molar refractivity (Wildman–Crippen MR) is 82.1 cm³/mol. The van der Waals surface area contributed by atoms with E-state index in [2.05, 4.69) is 5.10 Å². The summed E-state index contributed by atoms with van der Waals surface area (Å²) < 4.78 is 6.89. The van der Waals surface area contributed by atoms with Crippen LogP contribution in [0.15, 0.2) is 36.5 Å². The fraction of sp³-hybridized carbons (Fsp3) is 0.0714. The Balaban J connectivity index is 2.25. The first-order valence-electron chi connectivity index (χ1n) is 5.87. The third-order valence-corrected chi connectivity index (χ3v) is 3.60. The van der Waals surface area contributed by atoms with E-state index in [9.17, 15) is 0 Å². The highest BCUT2D eigenvalue weighted by molar-refractivity contribution is 6.38. The maximum atomic E-state index is 6.24. The molecule has 0 aliphatic heterocycles. The van der Waals surface area contributed by atoms with Crippen LogP contribution in [0.1, 0.15) is 0 Å². The van der Waals surface area contributed by atoms with Crippen molar-refractivity contribution < 1.29 is 4.74 Å². The standard InChI is InChI=1S/C14H11Cl2N3O/c1-20-10-2-3-13-8(4-10)7-18-19(13)14-11(15)5-9(17)6-12(14)16/h2-7H,17H2,1H3. The van der Waals surface area contributed by atoms with Crippen LogP contribution in [0.4, 0.5) is 5.69 Å². The second kappa shape index (κ2) is 4.89. The molecule has 0 unspecified atom stereocenters. The Bertz CT molecular complexity index is 775. The van der Waals surface area contributed by atoms with Gasteiger partial charge in [-0.15, -0.1) is 0 Å². The van der Waals surface area contributed by atoms with Gasteiger partial charge in [0, 0.05) is 11.1 Å². The highest BCUT2D eigenvalue weighted by atomic mass is 35.5. The van der Waals surface area contributed by atoms with Gasteiger partial charge in [-0.05, 0) is 30.3 Å². The van der Waals surface area contributed by atoms with Crippen molar-refractivity contribution in [3.8, 4) is 11.4 Å². The van der Waals surface area contributed by atoms with E-state index in [0.717, 1.165) is 16.7 Å². The molecule has 3 aromatic rings. The summed E-state index contributed by atoms with van der Waals surface area (Å²) in [6.45, 7) is 0. The molecule has 2 N–H and O–H groups in total. The Kier molecular flexibility index (Phi) is 3.20. The van der Waals surface area contributed by atoms with Gasteiger partial charge in [0.2, 0.25) is 0 Å². The summed E-state index contributed by atoms with van der Waals surface area (Å²) in [7, 11) is 1.62. The minimum Gasteiger partial charge on any atom is -0.497 e. The van der Waals surface area contributed by atoms with Crippen LogP contribution < -0.4 is 10.5 Å². The molecule has 4 nitrogen and oxygen atoms in total. The summed E-state index contributed by atoms with van der Waals surface area (Å²) in [5.74, 6) is 0.770. The average Bonchev–Trinajstić information content (AvgIpc) is 2.80. The molecule has 0 atom stereocenters. The smallest absolute Gasteiger partial charge is 0.119 e. The molecule has 0 saturated heterocycles. The van der Waals surface area contributed by atoms with Crippen molar-refractivity contribution in [2.75, 3.05) is 12.8 Å². The summed E-state index contributed by atoms with van der Waals surface area (Å²) in [5, 5.41) is 6.19. The number of anilines is 1. The first-order chi connectivity index (χ1) is 9.60. The Morgan fingerprint density at radius 2 is 1.85 bits per heavy atom. The number of halogens is 2. The molecule has 1 aromatic heterocycles. The maximum absolute atomic E-state index is 6.24. The molecular weight excluding hydrogens is 297 g/mol. The van der Waals surface area contributed by atoms with Crippen molar-refractivity contribution in [3.63, 3.8) is 0 Å². The van der Waals surface area contributed by atoms with Crippen LogP contribution in [-0.2, 0) is 0 Å². The molecule has 20 heavy (non-hydrogen) atoms. The normalized spacial score (nSPS) is 10.9. The van der Waals surface area contributed by atoms with Crippen LogP contribution >= 0.6 is 23.2 Å². The third kappa shape index (κ3) is 2.07. The number of nitrogens with zero attached hydrogens (tertiary/aromatic N) is 2. The van der Waals surface area contributed by atoms with Crippen LogP contribution in [0.5, 0.6) is 5.75 Å². The van der Waals surface area contributed by atoms with E-state index in [1.807, 2.05) is 18.2 Å². The number of hydrogen-bond acceptors (Lipinski definition) is 3. The van der Waals surface area contributed by atoms with Gasteiger partial charge in [0.15, 0.2) is 0 Å². The van der Waals surface area contributed by atoms with Crippen molar-refractivity contribution in [2.24, 2.45) is 0 Å². The van der Waals surface area contributed by atoms with Crippen molar-refractivity contribution in [3.05, 3.63) is 46.6 Å². The van der Waals surface area contributed by atoms with E-state index in [1.54, 1.807) is 30.1 Å². The molecule has 0 aliphatic carbocycles. The summed E-state index contributed by atoms with van der Waals surface area (Å²) >= 11 is 12.5. The molecule has 6 heteroatoms. The number of benzene rings is 2. The molecule has 0 bridgehead atoms. The Morgan fingerprint density at radius 3 is 2.50 bits per heavy atom. The molecule has 0 saturated carbocycles. The fourth-order valence-corrected chi connectivity index (χ4v) is 2.77. The molecule has 0 radical (unpaired) electrons. The van der Waals surface area contributed by atoms with Crippen molar-refractivity contribution >= 4 is 39.8 Å². The average molecular weight is 308 g/mol. The topological polar surface area (TPSA) is 53.1 Å². The van der Waals surface area contributed by atoms with Crippen molar-refractivity contribution in [1.82, 2.24) is 9.78 Å². The lowest BCUT2D eigenvalue weighted by atomic mass is 10.2. The molecule has 0 spiro atoms. The van der Waals surface area contributed by atoms with Gasteiger partial charge in [-0.1, -0.05) is 23.2 Å². The van der Waals surface area contributed by atoms with Gasteiger partial charge in [0.25, 0.3) is 0 Å².